The second kappa shape index (κ2) is 10.1. The topological polar surface area (TPSA) is 74.1 Å². The summed E-state index contributed by atoms with van der Waals surface area (Å²) in [5.41, 5.74) is -1.35. The number of ether oxygens (including phenoxy) is 2. The number of nitrogens with one attached hydrogen (secondary N) is 1. The first-order valence-corrected chi connectivity index (χ1v) is 11.6. The predicted octanol–water partition coefficient (Wildman–Crippen LogP) is 4.12. The second-order valence-electron chi connectivity index (χ2n) is 10.5. The molecule has 0 spiro atoms. The lowest BCUT2D eigenvalue weighted by Crippen LogP contribution is -2.62. The number of halogens is 2. The highest BCUT2D eigenvalue weighted by molar-refractivity contribution is 5.36. The summed E-state index contributed by atoms with van der Waals surface area (Å²) in [7, 11) is 1.66. The molecule has 0 aliphatic heterocycles. The van der Waals surface area contributed by atoms with E-state index in [1.54, 1.807) is 11.8 Å². The molecular formula is C24H37F2N5O2. The minimum Gasteiger partial charge on any atom is -0.385 e. The van der Waals surface area contributed by atoms with Crippen LogP contribution in [0.3, 0.4) is 0 Å². The van der Waals surface area contributed by atoms with Gasteiger partial charge in [0.2, 0.25) is 0 Å². The number of benzene rings is 1. The maximum absolute atomic E-state index is 14.7. The molecule has 0 radical (unpaired) electrons. The molecule has 0 amide bonds. The maximum atomic E-state index is 14.7. The van der Waals surface area contributed by atoms with E-state index in [0.717, 1.165) is 12.8 Å². The van der Waals surface area contributed by atoms with Gasteiger partial charge < -0.3 is 14.8 Å². The minimum absolute atomic E-state index is 0.0893. The van der Waals surface area contributed by atoms with Crippen LogP contribution in [0.25, 0.3) is 0 Å². The van der Waals surface area contributed by atoms with Gasteiger partial charge in [0.25, 0.3) is 0 Å². The molecule has 1 aliphatic carbocycles. The molecule has 7 nitrogen and oxygen atoms in total. The van der Waals surface area contributed by atoms with E-state index in [9.17, 15) is 8.78 Å². The van der Waals surface area contributed by atoms with Gasteiger partial charge in [-0.3, -0.25) is 0 Å². The number of aryl methyl sites for hydroxylation is 1. The third-order valence-electron chi connectivity index (χ3n) is 6.24. The van der Waals surface area contributed by atoms with E-state index in [0.29, 0.717) is 38.4 Å². The zero-order valence-electron chi connectivity index (χ0n) is 20.6. The quantitative estimate of drug-likeness (QED) is 0.504. The summed E-state index contributed by atoms with van der Waals surface area (Å²) >= 11 is 0. The highest BCUT2D eigenvalue weighted by atomic mass is 19.1. The summed E-state index contributed by atoms with van der Waals surface area (Å²) in [4.78, 5) is 0. The fourth-order valence-electron chi connectivity index (χ4n) is 5.00. The Morgan fingerprint density at radius 1 is 1.18 bits per heavy atom. The van der Waals surface area contributed by atoms with Crippen LogP contribution in [0.5, 0.6) is 0 Å². The van der Waals surface area contributed by atoms with Crippen LogP contribution in [0.4, 0.5) is 8.78 Å². The lowest BCUT2D eigenvalue weighted by molar-refractivity contribution is -0.0122. The molecular weight excluding hydrogens is 428 g/mol. The van der Waals surface area contributed by atoms with Gasteiger partial charge in [0.15, 0.2) is 5.82 Å². The molecule has 0 saturated heterocycles. The molecule has 1 N–H and O–H groups in total. The van der Waals surface area contributed by atoms with Gasteiger partial charge in [0.05, 0.1) is 11.1 Å². The van der Waals surface area contributed by atoms with Crippen molar-refractivity contribution in [1.82, 2.24) is 25.5 Å². The van der Waals surface area contributed by atoms with Crippen molar-refractivity contribution in [2.45, 2.75) is 89.4 Å². The molecule has 1 aliphatic rings. The van der Waals surface area contributed by atoms with Gasteiger partial charge in [-0.05, 0) is 75.9 Å². The molecule has 3 rings (SSSR count). The number of hydrogen-bond donors (Lipinski definition) is 1. The van der Waals surface area contributed by atoms with Crippen molar-refractivity contribution in [3.63, 3.8) is 0 Å². The summed E-state index contributed by atoms with van der Waals surface area (Å²) in [5.74, 6) is -0.341. The number of rotatable bonds is 11. The first kappa shape index (κ1) is 25.6. The van der Waals surface area contributed by atoms with Crippen LogP contribution >= 0.6 is 0 Å². The van der Waals surface area contributed by atoms with E-state index in [2.05, 4.69) is 27.8 Å². The SMILES string of the molecule is COCCCn1nnnc1C1(N[C@@H](C)CCOC(C)(C)C)CC(C)(c2c(F)cccc2F)C1. The van der Waals surface area contributed by atoms with Gasteiger partial charge in [-0.15, -0.1) is 5.10 Å². The van der Waals surface area contributed by atoms with Crippen LogP contribution in [-0.4, -0.2) is 52.2 Å². The Labute approximate surface area is 195 Å². The van der Waals surface area contributed by atoms with E-state index in [-0.39, 0.29) is 17.2 Å². The van der Waals surface area contributed by atoms with Crippen molar-refractivity contribution in [2.75, 3.05) is 20.3 Å². The Bertz CT molecular complexity index is 902. The monoisotopic (exact) mass is 465 g/mol. The normalized spacial score (nSPS) is 24.0. The van der Waals surface area contributed by atoms with Crippen molar-refractivity contribution in [3.8, 4) is 0 Å². The lowest BCUT2D eigenvalue weighted by Gasteiger charge is -2.55. The third kappa shape index (κ3) is 5.94. The minimum atomic E-state index is -0.673. The van der Waals surface area contributed by atoms with Crippen molar-refractivity contribution >= 4 is 0 Å². The Morgan fingerprint density at radius 3 is 2.45 bits per heavy atom. The summed E-state index contributed by atoms with van der Waals surface area (Å²) in [6.07, 6.45) is 2.51. The van der Waals surface area contributed by atoms with Crippen LogP contribution in [-0.2, 0) is 27.0 Å². The van der Waals surface area contributed by atoms with Gasteiger partial charge in [-0.2, -0.15) is 0 Å². The standard InChI is InChI=1S/C24H37F2N5O2/c1-17(11-14-33-22(2,3)4)27-24(21-28-29-30-31(21)12-8-13-32-6)15-23(5,16-24)20-18(25)9-7-10-19(20)26/h7,9-10,17,27H,8,11-16H2,1-6H3/t17-,23?,24?/m0/s1. The molecule has 33 heavy (non-hydrogen) atoms. The predicted molar refractivity (Wildman–Crippen MR) is 122 cm³/mol. The summed E-state index contributed by atoms with van der Waals surface area (Å²) in [6.45, 7) is 11.9. The Morgan fingerprint density at radius 2 is 1.85 bits per heavy atom. The number of methoxy groups -OCH3 is 1. The van der Waals surface area contributed by atoms with Crippen LogP contribution in [0.2, 0.25) is 0 Å². The summed E-state index contributed by atoms with van der Waals surface area (Å²) in [5, 5.41) is 16.1. The van der Waals surface area contributed by atoms with Gasteiger partial charge in [-0.25, -0.2) is 13.5 Å². The Balaban J connectivity index is 1.84. The Kier molecular flexibility index (Phi) is 7.86. The molecule has 1 fully saturated rings. The average Bonchev–Trinajstić information content (AvgIpc) is 3.14. The smallest absolute Gasteiger partial charge is 0.171 e. The molecule has 1 atom stereocenters. The molecule has 184 valence electrons. The molecule has 1 aromatic heterocycles. The van der Waals surface area contributed by atoms with Crippen LogP contribution in [0, 0.1) is 11.6 Å². The first-order chi connectivity index (χ1) is 15.5. The number of nitrogens with zero attached hydrogens (tertiary/aromatic N) is 4. The zero-order chi connectivity index (χ0) is 24.3. The van der Waals surface area contributed by atoms with E-state index < -0.39 is 22.6 Å². The van der Waals surface area contributed by atoms with Gasteiger partial charge in [0, 0.05) is 43.9 Å². The van der Waals surface area contributed by atoms with Crippen molar-refractivity contribution in [1.29, 1.82) is 0 Å². The fourth-order valence-corrected chi connectivity index (χ4v) is 5.00. The molecule has 1 aromatic carbocycles. The van der Waals surface area contributed by atoms with E-state index in [1.807, 2.05) is 27.7 Å². The van der Waals surface area contributed by atoms with E-state index in [1.165, 1.54) is 18.2 Å². The van der Waals surface area contributed by atoms with Crippen LogP contribution in [0.1, 0.15) is 71.7 Å². The third-order valence-corrected chi connectivity index (χ3v) is 6.24. The highest BCUT2D eigenvalue weighted by Crippen LogP contribution is 2.56. The van der Waals surface area contributed by atoms with Crippen molar-refractivity contribution in [2.24, 2.45) is 0 Å². The van der Waals surface area contributed by atoms with Crippen molar-refractivity contribution in [3.05, 3.63) is 41.2 Å². The second-order valence-corrected chi connectivity index (χ2v) is 10.5. The number of aromatic nitrogens is 4. The van der Waals surface area contributed by atoms with Crippen LogP contribution < -0.4 is 5.32 Å². The van der Waals surface area contributed by atoms with E-state index >= 15 is 0 Å². The summed E-state index contributed by atoms with van der Waals surface area (Å²) < 4.78 is 42.1. The number of tetrazole rings is 1. The lowest BCUT2D eigenvalue weighted by atomic mass is 9.54. The van der Waals surface area contributed by atoms with Gasteiger partial charge >= 0.3 is 0 Å². The number of hydrogen-bond acceptors (Lipinski definition) is 6. The summed E-state index contributed by atoms with van der Waals surface area (Å²) in [6, 6.07) is 4.12. The molecule has 0 bridgehead atoms. The Hall–Kier alpha value is -1.97. The van der Waals surface area contributed by atoms with Crippen LogP contribution in [0.15, 0.2) is 18.2 Å². The molecule has 2 aromatic rings. The maximum Gasteiger partial charge on any atom is 0.171 e. The molecule has 1 heterocycles. The van der Waals surface area contributed by atoms with Crippen molar-refractivity contribution < 1.29 is 18.3 Å². The first-order valence-electron chi connectivity index (χ1n) is 11.6. The van der Waals surface area contributed by atoms with Gasteiger partial charge in [-0.1, -0.05) is 13.0 Å². The zero-order valence-corrected chi connectivity index (χ0v) is 20.6. The molecule has 0 unspecified atom stereocenters. The highest BCUT2D eigenvalue weighted by Gasteiger charge is 2.58. The van der Waals surface area contributed by atoms with Gasteiger partial charge in [0.1, 0.15) is 11.6 Å². The molecule has 1 saturated carbocycles. The average molecular weight is 466 g/mol. The molecule has 9 heteroatoms. The fraction of sp³-hybridized carbons (Fsp3) is 0.708. The van der Waals surface area contributed by atoms with E-state index in [4.69, 9.17) is 9.47 Å². The largest absolute Gasteiger partial charge is 0.385 e.